The average Bonchev–Trinajstić information content (AvgIpc) is 2.47. The van der Waals surface area contributed by atoms with E-state index >= 15 is 0 Å². The predicted molar refractivity (Wildman–Crippen MR) is 72.1 cm³/mol. The van der Waals surface area contributed by atoms with Crippen LogP contribution in [0.1, 0.15) is 5.56 Å². The SMILES string of the molecule is N/C(=N\O)c1ccccc1Oc1ccccc1[N+](=O)[O-]. The second kappa shape index (κ2) is 5.70. The Kier molecular flexibility index (Phi) is 3.80. The largest absolute Gasteiger partial charge is 0.449 e. The van der Waals surface area contributed by atoms with E-state index in [-0.39, 0.29) is 23.0 Å². The van der Waals surface area contributed by atoms with Gasteiger partial charge in [0.2, 0.25) is 5.75 Å². The van der Waals surface area contributed by atoms with Crippen LogP contribution in [0, 0.1) is 10.1 Å². The van der Waals surface area contributed by atoms with Gasteiger partial charge in [0.1, 0.15) is 5.75 Å². The molecule has 0 atom stereocenters. The van der Waals surface area contributed by atoms with Crippen molar-refractivity contribution in [1.29, 1.82) is 0 Å². The first-order chi connectivity index (χ1) is 9.63. The maximum Gasteiger partial charge on any atom is 0.311 e. The van der Waals surface area contributed by atoms with Crippen LogP contribution in [0.3, 0.4) is 0 Å². The molecule has 0 heterocycles. The number of rotatable bonds is 4. The molecule has 0 spiro atoms. The normalized spacial score (nSPS) is 11.1. The smallest absolute Gasteiger partial charge is 0.311 e. The summed E-state index contributed by atoms with van der Waals surface area (Å²) in [6, 6.07) is 12.5. The molecule has 0 aliphatic rings. The van der Waals surface area contributed by atoms with Crippen molar-refractivity contribution in [1.82, 2.24) is 0 Å². The van der Waals surface area contributed by atoms with Gasteiger partial charge in [0.05, 0.1) is 10.5 Å². The number of nitro benzene ring substituents is 1. The van der Waals surface area contributed by atoms with E-state index in [4.69, 9.17) is 15.7 Å². The number of oxime groups is 1. The second-order valence-electron chi connectivity index (χ2n) is 3.81. The molecule has 0 unspecified atom stereocenters. The van der Waals surface area contributed by atoms with Crippen molar-refractivity contribution in [3.05, 3.63) is 64.2 Å². The highest BCUT2D eigenvalue weighted by molar-refractivity contribution is 5.99. The topological polar surface area (TPSA) is 111 Å². The third-order valence-electron chi connectivity index (χ3n) is 2.55. The number of nitrogens with two attached hydrogens (primary N) is 1. The van der Waals surface area contributed by atoms with Crippen molar-refractivity contribution in [3.8, 4) is 11.5 Å². The third-order valence-corrected chi connectivity index (χ3v) is 2.55. The van der Waals surface area contributed by atoms with Crippen LogP contribution >= 0.6 is 0 Å². The Morgan fingerprint density at radius 2 is 1.75 bits per heavy atom. The van der Waals surface area contributed by atoms with E-state index in [9.17, 15) is 10.1 Å². The summed E-state index contributed by atoms with van der Waals surface area (Å²) in [5, 5.41) is 22.5. The van der Waals surface area contributed by atoms with Gasteiger partial charge < -0.3 is 15.7 Å². The molecule has 0 radical (unpaired) electrons. The summed E-state index contributed by atoms with van der Waals surface area (Å²) in [6.07, 6.45) is 0. The van der Waals surface area contributed by atoms with Gasteiger partial charge in [0, 0.05) is 6.07 Å². The summed E-state index contributed by atoms with van der Waals surface area (Å²) in [4.78, 5) is 10.4. The molecular formula is C13H11N3O4. The fraction of sp³-hybridized carbons (Fsp3) is 0. The first-order valence-electron chi connectivity index (χ1n) is 5.61. The van der Waals surface area contributed by atoms with Crippen molar-refractivity contribution < 1.29 is 14.9 Å². The highest BCUT2D eigenvalue weighted by Gasteiger charge is 2.16. The van der Waals surface area contributed by atoms with Crippen molar-refractivity contribution >= 4 is 11.5 Å². The summed E-state index contributed by atoms with van der Waals surface area (Å²) in [6.45, 7) is 0. The predicted octanol–water partition coefficient (Wildman–Crippen LogP) is 2.48. The minimum Gasteiger partial charge on any atom is -0.449 e. The third kappa shape index (κ3) is 2.66. The number of hydrogen-bond acceptors (Lipinski definition) is 5. The van der Waals surface area contributed by atoms with Crippen molar-refractivity contribution in [2.45, 2.75) is 0 Å². The van der Waals surface area contributed by atoms with Gasteiger partial charge in [-0.3, -0.25) is 10.1 Å². The number of para-hydroxylation sites is 3. The van der Waals surface area contributed by atoms with Gasteiger partial charge in [0.15, 0.2) is 5.84 Å². The van der Waals surface area contributed by atoms with Gasteiger partial charge in [-0.25, -0.2) is 0 Å². The fourth-order valence-electron chi connectivity index (χ4n) is 1.63. The standard InChI is InChI=1S/C13H11N3O4/c14-13(15-17)9-5-1-3-7-11(9)20-12-8-4-2-6-10(12)16(18)19/h1-8,17H,(H2,14,15). The highest BCUT2D eigenvalue weighted by atomic mass is 16.6. The van der Waals surface area contributed by atoms with Crippen molar-refractivity contribution in [2.75, 3.05) is 0 Å². The van der Waals surface area contributed by atoms with Crippen molar-refractivity contribution in [2.24, 2.45) is 10.9 Å². The van der Waals surface area contributed by atoms with E-state index < -0.39 is 4.92 Å². The maximum absolute atomic E-state index is 10.9. The fourth-order valence-corrected chi connectivity index (χ4v) is 1.63. The molecule has 102 valence electrons. The number of nitrogens with zero attached hydrogens (tertiary/aromatic N) is 2. The minimum absolute atomic E-state index is 0.0793. The Labute approximate surface area is 114 Å². The average molecular weight is 273 g/mol. The van der Waals surface area contributed by atoms with Crippen LogP contribution < -0.4 is 10.5 Å². The summed E-state index contributed by atoms with van der Waals surface area (Å²) >= 11 is 0. The molecule has 2 aromatic rings. The van der Waals surface area contributed by atoms with E-state index in [1.807, 2.05) is 0 Å². The first-order valence-corrected chi connectivity index (χ1v) is 5.61. The molecule has 2 rings (SSSR count). The number of amidine groups is 1. The van der Waals surface area contributed by atoms with Gasteiger partial charge in [-0.15, -0.1) is 0 Å². The van der Waals surface area contributed by atoms with Crippen molar-refractivity contribution in [3.63, 3.8) is 0 Å². The van der Waals surface area contributed by atoms with E-state index in [2.05, 4.69) is 5.16 Å². The van der Waals surface area contributed by atoms with Gasteiger partial charge in [-0.1, -0.05) is 29.4 Å². The summed E-state index contributed by atoms with van der Waals surface area (Å²) < 4.78 is 5.51. The van der Waals surface area contributed by atoms with E-state index in [1.165, 1.54) is 12.1 Å². The van der Waals surface area contributed by atoms with Crippen LogP contribution in [0.25, 0.3) is 0 Å². The molecule has 3 N–H and O–H groups in total. The molecule has 7 heteroatoms. The Morgan fingerprint density at radius 1 is 1.15 bits per heavy atom. The maximum atomic E-state index is 10.9. The number of ether oxygens (including phenoxy) is 1. The van der Waals surface area contributed by atoms with Gasteiger partial charge in [-0.2, -0.15) is 0 Å². The Bertz CT molecular complexity index is 670. The van der Waals surface area contributed by atoms with Crippen LogP contribution in [-0.4, -0.2) is 16.0 Å². The van der Waals surface area contributed by atoms with Crippen LogP contribution in [0.5, 0.6) is 11.5 Å². The molecule has 0 fully saturated rings. The zero-order valence-corrected chi connectivity index (χ0v) is 10.3. The van der Waals surface area contributed by atoms with Crippen LogP contribution in [0.2, 0.25) is 0 Å². The van der Waals surface area contributed by atoms with Crippen LogP contribution in [0.15, 0.2) is 53.7 Å². The highest BCUT2D eigenvalue weighted by Crippen LogP contribution is 2.32. The molecule has 0 saturated carbocycles. The molecular weight excluding hydrogens is 262 g/mol. The van der Waals surface area contributed by atoms with E-state index in [0.29, 0.717) is 5.56 Å². The number of nitro groups is 1. The lowest BCUT2D eigenvalue weighted by Gasteiger charge is -2.10. The molecule has 2 aromatic carbocycles. The molecule has 0 amide bonds. The molecule has 0 aromatic heterocycles. The summed E-state index contributed by atoms with van der Waals surface area (Å²) in [5.74, 6) is 0.201. The Morgan fingerprint density at radius 3 is 2.40 bits per heavy atom. The van der Waals surface area contributed by atoms with Crippen LogP contribution in [0.4, 0.5) is 5.69 Å². The molecule has 0 aliphatic heterocycles. The Balaban J connectivity index is 2.44. The first kappa shape index (κ1) is 13.3. The molecule has 0 saturated heterocycles. The monoisotopic (exact) mass is 273 g/mol. The quantitative estimate of drug-likeness (QED) is 0.292. The lowest BCUT2D eigenvalue weighted by molar-refractivity contribution is -0.385. The lowest BCUT2D eigenvalue weighted by atomic mass is 10.2. The van der Waals surface area contributed by atoms with Crippen LogP contribution in [-0.2, 0) is 0 Å². The molecule has 7 nitrogen and oxygen atoms in total. The zero-order valence-electron chi connectivity index (χ0n) is 10.3. The molecule has 0 bridgehead atoms. The van der Waals surface area contributed by atoms with Gasteiger partial charge in [-0.05, 0) is 18.2 Å². The Hall–Kier alpha value is -3.09. The minimum atomic E-state index is -0.540. The number of hydrogen-bond donors (Lipinski definition) is 2. The number of benzene rings is 2. The van der Waals surface area contributed by atoms with Gasteiger partial charge >= 0.3 is 5.69 Å². The summed E-state index contributed by atoms with van der Waals surface area (Å²) in [7, 11) is 0. The molecule has 20 heavy (non-hydrogen) atoms. The second-order valence-corrected chi connectivity index (χ2v) is 3.81. The van der Waals surface area contributed by atoms with E-state index in [0.717, 1.165) is 0 Å². The van der Waals surface area contributed by atoms with Gasteiger partial charge in [0.25, 0.3) is 0 Å². The summed E-state index contributed by atoms with van der Waals surface area (Å²) in [5.41, 5.74) is 5.71. The zero-order chi connectivity index (χ0) is 14.5. The molecule has 0 aliphatic carbocycles. The lowest BCUT2D eigenvalue weighted by Crippen LogP contribution is -2.14. The van der Waals surface area contributed by atoms with E-state index in [1.54, 1.807) is 36.4 Å².